The minimum absolute atomic E-state index is 0.132. The first-order chi connectivity index (χ1) is 16.5. The fourth-order valence-electron chi connectivity index (χ4n) is 4.06. The van der Waals surface area contributed by atoms with Gasteiger partial charge in [0.05, 0.1) is 28.0 Å². The fourth-order valence-corrected chi connectivity index (χ4v) is 9.97. The maximum Gasteiger partial charge on any atom is 0.159 e. The van der Waals surface area contributed by atoms with E-state index in [1.54, 1.807) is 14.2 Å². The van der Waals surface area contributed by atoms with Crippen molar-refractivity contribution in [1.82, 2.24) is 9.97 Å². The molecule has 2 aromatic carbocycles. The predicted molar refractivity (Wildman–Crippen MR) is 160 cm³/mol. The molecule has 3 rings (SSSR count). The highest BCUT2D eigenvalue weighted by Gasteiger charge is 2.47. The van der Waals surface area contributed by atoms with Crippen molar-refractivity contribution in [1.29, 1.82) is 0 Å². The van der Waals surface area contributed by atoms with Crippen LogP contribution in [-0.4, -0.2) is 40.3 Å². The largest absolute Gasteiger partial charge is 0.497 e. The summed E-state index contributed by atoms with van der Waals surface area (Å²) in [7, 11) is -0.690. The first-order valence-electron chi connectivity index (χ1n) is 12.8. The molecule has 4 nitrogen and oxygen atoms in total. The molecule has 0 saturated heterocycles. The van der Waals surface area contributed by atoms with E-state index in [1.807, 2.05) is 24.3 Å². The first-order valence-corrected chi connectivity index (χ1v) is 18.8. The second-order valence-corrected chi connectivity index (χ2v) is 23.3. The summed E-state index contributed by atoms with van der Waals surface area (Å²) in [5.74, 6) is 2.46. The third kappa shape index (κ3) is 5.16. The van der Waals surface area contributed by atoms with Gasteiger partial charge in [0.2, 0.25) is 0 Å². The molecule has 0 saturated carbocycles. The molecule has 0 aliphatic carbocycles. The van der Waals surface area contributed by atoms with Gasteiger partial charge in [-0.2, -0.15) is 0 Å². The third-order valence-electron chi connectivity index (χ3n) is 8.59. The number of rotatable bonds is 6. The van der Waals surface area contributed by atoms with Crippen LogP contribution in [0.3, 0.4) is 0 Å². The van der Waals surface area contributed by atoms with Crippen molar-refractivity contribution < 1.29 is 9.47 Å². The van der Waals surface area contributed by atoms with E-state index in [4.69, 9.17) is 19.4 Å². The Morgan fingerprint density at radius 1 is 0.583 bits per heavy atom. The number of methoxy groups -OCH3 is 2. The number of hydrogen-bond acceptors (Lipinski definition) is 4. The molecule has 1 heterocycles. The van der Waals surface area contributed by atoms with Crippen LogP contribution in [0, 0.1) is 0 Å². The van der Waals surface area contributed by atoms with Crippen LogP contribution >= 0.6 is 0 Å². The van der Waals surface area contributed by atoms with Gasteiger partial charge in [0, 0.05) is 16.4 Å². The Balaban J connectivity index is 2.49. The van der Waals surface area contributed by atoms with E-state index in [9.17, 15) is 0 Å². The van der Waals surface area contributed by atoms with Gasteiger partial charge in [0.1, 0.15) is 19.6 Å². The van der Waals surface area contributed by atoms with Crippen molar-refractivity contribution in [2.45, 2.75) is 77.8 Å². The molecule has 194 valence electrons. The molecule has 0 bridgehead atoms. The van der Waals surface area contributed by atoms with Gasteiger partial charge in [-0.1, -0.05) is 67.7 Å². The summed E-state index contributed by atoms with van der Waals surface area (Å²) in [6, 6.07) is 16.5. The molecule has 6 heteroatoms. The van der Waals surface area contributed by atoms with Gasteiger partial charge in [-0.3, -0.25) is 0 Å². The van der Waals surface area contributed by atoms with Gasteiger partial charge in [-0.15, -0.1) is 0 Å². The van der Waals surface area contributed by atoms with E-state index < -0.39 is 16.1 Å². The molecule has 0 spiro atoms. The van der Waals surface area contributed by atoms with Crippen molar-refractivity contribution in [2.75, 3.05) is 14.2 Å². The summed E-state index contributed by atoms with van der Waals surface area (Å²) in [5, 5.41) is 2.97. The Bertz CT molecular complexity index is 1200. The van der Waals surface area contributed by atoms with Crippen LogP contribution in [0.2, 0.25) is 36.3 Å². The molecule has 0 fully saturated rings. The molecule has 36 heavy (non-hydrogen) atoms. The van der Waals surface area contributed by atoms with E-state index in [2.05, 4.69) is 92.0 Å². The predicted octanol–water partition coefficient (Wildman–Crippen LogP) is 7.26. The average molecular weight is 521 g/mol. The van der Waals surface area contributed by atoms with Crippen LogP contribution in [0.25, 0.3) is 22.6 Å². The normalized spacial score (nSPS) is 13.0. The Labute approximate surface area is 220 Å². The van der Waals surface area contributed by atoms with Crippen molar-refractivity contribution >= 4 is 26.7 Å². The summed E-state index contributed by atoms with van der Waals surface area (Å²) >= 11 is 0. The minimum Gasteiger partial charge on any atom is -0.497 e. The molecule has 0 amide bonds. The second-order valence-electron chi connectivity index (χ2n) is 12.8. The van der Waals surface area contributed by atoms with Gasteiger partial charge in [0.15, 0.2) is 5.82 Å². The zero-order valence-corrected chi connectivity index (χ0v) is 26.3. The standard InChI is InChI=1S/C30H44N2O2Si2/c1-29(2,3)35(9,10)26-25(21-13-17-23(33-7)18-14-21)31-27(22-15-19-24(34-8)20-16-22)32-28(26)36(11,12)30(4,5)6/h13-20H,1-12H3. The molecule has 0 radical (unpaired) electrons. The zero-order valence-electron chi connectivity index (χ0n) is 24.3. The fraction of sp³-hybridized carbons (Fsp3) is 0.467. The van der Waals surface area contributed by atoms with E-state index in [-0.39, 0.29) is 10.1 Å². The van der Waals surface area contributed by atoms with E-state index in [1.165, 1.54) is 10.5 Å². The maximum absolute atomic E-state index is 5.47. The lowest BCUT2D eigenvalue weighted by molar-refractivity contribution is 0.415. The highest BCUT2D eigenvalue weighted by atomic mass is 28.3. The van der Waals surface area contributed by atoms with Crippen molar-refractivity contribution in [3.05, 3.63) is 48.5 Å². The number of benzene rings is 2. The second kappa shape index (κ2) is 9.78. The van der Waals surface area contributed by atoms with Gasteiger partial charge < -0.3 is 9.47 Å². The van der Waals surface area contributed by atoms with E-state index in [0.717, 1.165) is 34.1 Å². The van der Waals surface area contributed by atoms with Gasteiger partial charge >= 0.3 is 0 Å². The summed E-state index contributed by atoms with van der Waals surface area (Å²) in [6.07, 6.45) is 0. The van der Waals surface area contributed by atoms with E-state index >= 15 is 0 Å². The number of ether oxygens (including phenoxy) is 2. The summed E-state index contributed by atoms with van der Waals surface area (Å²) < 4.78 is 10.9. The molecule has 0 aliphatic heterocycles. The highest BCUT2D eigenvalue weighted by Crippen LogP contribution is 2.40. The smallest absolute Gasteiger partial charge is 0.159 e. The Hall–Kier alpha value is -2.45. The van der Waals surface area contributed by atoms with Crippen molar-refractivity contribution in [3.63, 3.8) is 0 Å². The molecule has 0 atom stereocenters. The quantitative estimate of drug-likeness (QED) is 0.321. The SMILES string of the molecule is COc1ccc(-c2nc(-c3ccc(OC)cc3)c([Si](C)(C)C(C)(C)C)c([Si](C)(C)C(C)(C)C)n2)cc1. The summed E-state index contributed by atoms with van der Waals surface area (Å²) in [4.78, 5) is 10.8. The molecule has 0 N–H and O–H groups in total. The maximum atomic E-state index is 5.47. The molecule has 1 aromatic heterocycles. The van der Waals surface area contributed by atoms with Crippen LogP contribution in [0.4, 0.5) is 0 Å². The van der Waals surface area contributed by atoms with Crippen LogP contribution < -0.4 is 20.0 Å². The van der Waals surface area contributed by atoms with Crippen molar-refractivity contribution in [3.8, 4) is 34.1 Å². The van der Waals surface area contributed by atoms with Crippen LogP contribution in [0.5, 0.6) is 11.5 Å². The van der Waals surface area contributed by atoms with Crippen LogP contribution in [0.15, 0.2) is 48.5 Å². The Morgan fingerprint density at radius 2 is 1.00 bits per heavy atom. The number of hydrogen-bond donors (Lipinski definition) is 0. The summed E-state index contributed by atoms with van der Waals surface area (Å²) in [6.45, 7) is 24.2. The molecular weight excluding hydrogens is 477 g/mol. The van der Waals surface area contributed by atoms with Gasteiger partial charge in [-0.25, -0.2) is 9.97 Å². The van der Waals surface area contributed by atoms with Gasteiger partial charge in [-0.05, 0) is 63.8 Å². The molecular formula is C30H44N2O2Si2. The number of aromatic nitrogens is 2. The third-order valence-corrected chi connectivity index (χ3v) is 19.6. The Morgan fingerprint density at radius 3 is 1.39 bits per heavy atom. The van der Waals surface area contributed by atoms with Crippen LogP contribution in [0.1, 0.15) is 41.5 Å². The lowest BCUT2D eigenvalue weighted by Crippen LogP contribution is -2.66. The highest BCUT2D eigenvalue weighted by molar-refractivity contribution is 7.01. The molecule has 3 aromatic rings. The van der Waals surface area contributed by atoms with Crippen LogP contribution in [-0.2, 0) is 0 Å². The lowest BCUT2D eigenvalue weighted by atomic mass is 10.1. The molecule has 0 aliphatic rings. The minimum atomic E-state index is -2.04. The van der Waals surface area contributed by atoms with Crippen molar-refractivity contribution in [2.24, 2.45) is 0 Å². The monoisotopic (exact) mass is 520 g/mol. The summed E-state index contributed by atoms with van der Waals surface area (Å²) in [5.41, 5.74) is 3.20. The van der Waals surface area contributed by atoms with Gasteiger partial charge in [0.25, 0.3) is 0 Å². The first kappa shape index (κ1) is 28.1. The zero-order chi connectivity index (χ0) is 27.1. The van der Waals surface area contributed by atoms with E-state index in [0.29, 0.717) is 0 Å². The average Bonchev–Trinajstić information content (AvgIpc) is 2.81. The Kier molecular flexibility index (Phi) is 7.65. The molecule has 0 unspecified atom stereocenters. The topological polar surface area (TPSA) is 44.2 Å². The lowest BCUT2D eigenvalue weighted by Gasteiger charge is -2.44. The number of nitrogens with zero attached hydrogens (tertiary/aromatic N) is 2.